The predicted molar refractivity (Wildman–Crippen MR) is 75.4 cm³/mol. The van der Waals surface area contributed by atoms with Crippen molar-refractivity contribution in [3.63, 3.8) is 0 Å². The number of benzene rings is 2. The van der Waals surface area contributed by atoms with Gasteiger partial charge in [-0.3, -0.25) is 14.9 Å². The van der Waals surface area contributed by atoms with Crippen LogP contribution in [0.5, 0.6) is 11.5 Å². The Bertz CT molecular complexity index is 624. The lowest BCUT2D eigenvalue weighted by molar-refractivity contribution is -0.384. The Hall–Kier alpha value is -2.89. The molecule has 0 aromatic heterocycles. The summed E-state index contributed by atoms with van der Waals surface area (Å²) in [5.74, 6) is 0.990. The van der Waals surface area contributed by atoms with E-state index in [4.69, 9.17) is 9.47 Å². The van der Waals surface area contributed by atoms with E-state index in [-0.39, 0.29) is 18.9 Å². The molecular weight excluding hydrogens is 274 g/mol. The second-order valence-electron chi connectivity index (χ2n) is 4.14. The molecule has 0 saturated carbocycles. The number of aldehydes is 1. The van der Waals surface area contributed by atoms with Gasteiger partial charge >= 0.3 is 0 Å². The number of hydrogen-bond acceptors (Lipinski definition) is 5. The van der Waals surface area contributed by atoms with E-state index >= 15 is 0 Å². The van der Waals surface area contributed by atoms with E-state index in [1.807, 2.05) is 0 Å². The number of carbonyl (C=O) groups excluding carboxylic acids is 1. The number of ether oxygens (including phenoxy) is 2. The number of nitro benzene ring substituents is 1. The van der Waals surface area contributed by atoms with Crippen LogP contribution in [0.2, 0.25) is 0 Å². The fourth-order valence-electron chi connectivity index (χ4n) is 1.69. The zero-order valence-corrected chi connectivity index (χ0v) is 11.1. The Morgan fingerprint density at radius 3 is 2.19 bits per heavy atom. The Morgan fingerprint density at radius 1 is 1.00 bits per heavy atom. The maximum atomic E-state index is 10.6. The highest BCUT2D eigenvalue weighted by Crippen LogP contribution is 2.27. The van der Waals surface area contributed by atoms with Gasteiger partial charge in [-0.2, -0.15) is 0 Å². The van der Waals surface area contributed by atoms with E-state index in [2.05, 4.69) is 0 Å². The van der Waals surface area contributed by atoms with E-state index in [0.29, 0.717) is 17.8 Å². The minimum atomic E-state index is -0.451. The fourth-order valence-corrected chi connectivity index (χ4v) is 1.69. The molecule has 0 heterocycles. The average molecular weight is 287 g/mol. The number of non-ortho nitro benzene ring substituents is 1. The van der Waals surface area contributed by atoms with Gasteiger partial charge in [-0.1, -0.05) is 12.1 Å². The Morgan fingerprint density at radius 2 is 1.62 bits per heavy atom. The molecule has 0 atom stereocenters. The molecule has 2 rings (SSSR count). The molecular formula is C15H13NO5. The lowest BCUT2D eigenvalue weighted by Crippen LogP contribution is -2.02. The van der Waals surface area contributed by atoms with Crippen LogP contribution in [-0.4, -0.2) is 17.8 Å². The van der Waals surface area contributed by atoms with Crippen molar-refractivity contribution in [2.24, 2.45) is 0 Å². The summed E-state index contributed by atoms with van der Waals surface area (Å²) in [4.78, 5) is 20.4. The van der Waals surface area contributed by atoms with Crippen LogP contribution in [0.25, 0.3) is 0 Å². The third-order valence-electron chi connectivity index (χ3n) is 2.70. The molecule has 0 saturated heterocycles. The Balaban J connectivity index is 2.02. The third kappa shape index (κ3) is 4.04. The van der Waals surface area contributed by atoms with Crippen LogP contribution in [0.1, 0.15) is 5.56 Å². The van der Waals surface area contributed by atoms with Crippen molar-refractivity contribution in [2.75, 3.05) is 6.61 Å². The summed E-state index contributed by atoms with van der Waals surface area (Å²) in [5.41, 5.74) is 0.833. The fraction of sp³-hybridized carbons (Fsp3) is 0.133. The van der Waals surface area contributed by atoms with E-state index in [1.165, 1.54) is 12.1 Å². The Labute approximate surface area is 121 Å². The molecule has 2 aromatic carbocycles. The minimum absolute atomic E-state index is 0.0356. The second kappa shape index (κ2) is 7.04. The summed E-state index contributed by atoms with van der Waals surface area (Å²) in [7, 11) is 0. The number of para-hydroxylation sites is 2. The molecule has 108 valence electrons. The van der Waals surface area contributed by atoms with Crippen molar-refractivity contribution in [3.05, 3.63) is 64.2 Å². The molecule has 6 nitrogen and oxygen atoms in total. The van der Waals surface area contributed by atoms with Crippen LogP contribution in [0.15, 0.2) is 48.5 Å². The molecule has 6 heteroatoms. The van der Waals surface area contributed by atoms with E-state index in [0.717, 1.165) is 5.56 Å². The van der Waals surface area contributed by atoms with Crippen LogP contribution in [0.4, 0.5) is 5.69 Å². The summed E-state index contributed by atoms with van der Waals surface area (Å²) in [5, 5.41) is 10.6. The third-order valence-corrected chi connectivity index (χ3v) is 2.70. The lowest BCUT2D eigenvalue weighted by Gasteiger charge is -2.11. The average Bonchev–Trinajstić information content (AvgIpc) is 2.52. The van der Waals surface area contributed by atoms with Crippen LogP contribution >= 0.6 is 0 Å². The topological polar surface area (TPSA) is 78.7 Å². The molecule has 2 aromatic rings. The lowest BCUT2D eigenvalue weighted by atomic mass is 10.2. The first kappa shape index (κ1) is 14.5. The number of carbonyl (C=O) groups is 1. The molecule has 0 N–H and O–H groups in total. The standard InChI is InChI=1S/C15H13NO5/c17-9-10-20-14-3-1-2-4-15(14)21-11-12-5-7-13(8-6-12)16(18)19/h1-9H,10-11H2. The zero-order valence-electron chi connectivity index (χ0n) is 11.1. The molecule has 0 radical (unpaired) electrons. The maximum Gasteiger partial charge on any atom is 0.269 e. The van der Waals surface area contributed by atoms with Gasteiger partial charge in [-0.15, -0.1) is 0 Å². The van der Waals surface area contributed by atoms with Gasteiger partial charge < -0.3 is 9.47 Å². The number of nitro groups is 1. The molecule has 0 aliphatic heterocycles. The van der Waals surface area contributed by atoms with Crippen LogP contribution in [0, 0.1) is 10.1 Å². The summed E-state index contributed by atoms with van der Waals surface area (Å²) >= 11 is 0. The number of hydrogen-bond donors (Lipinski definition) is 0. The first-order valence-corrected chi connectivity index (χ1v) is 6.22. The number of rotatable bonds is 7. The van der Waals surface area contributed by atoms with Crippen LogP contribution in [-0.2, 0) is 11.4 Å². The van der Waals surface area contributed by atoms with Gasteiger partial charge in [0, 0.05) is 12.1 Å². The van der Waals surface area contributed by atoms with Gasteiger partial charge in [0.2, 0.25) is 0 Å². The molecule has 0 aliphatic rings. The predicted octanol–water partition coefficient (Wildman–Crippen LogP) is 2.75. The zero-order chi connectivity index (χ0) is 15.1. The highest BCUT2D eigenvalue weighted by Gasteiger charge is 2.06. The quantitative estimate of drug-likeness (QED) is 0.444. The smallest absolute Gasteiger partial charge is 0.269 e. The molecule has 0 spiro atoms. The monoisotopic (exact) mass is 287 g/mol. The molecule has 0 fully saturated rings. The summed E-state index contributed by atoms with van der Waals surface area (Å²) in [6.07, 6.45) is 0.660. The number of nitrogens with zero attached hydrogens (tertiary/aromatic N) is 1. The summed E-state index contributed by atoms with van der Waals surface area (Å²) < 4.78 is 10.9. The van der Waals surface area contributed by atoms with Crippen LogP contribution < -0.4 is 9.47 Å². The van der Waals surface area contributed by atoms with Crippen molar-refractivity contribution in [3.8, 4) is 11.5 Å². The molecule has 21 heavy (non-hydrogen) atoms. The maximum absolute atomic E-state index is 10.6. The van der Waals surface area contributed by atoms with Crippen molar-refractivity contribution in [1.29, 1.82) is 0 Å². The highest BCUT2D eigenvalue weighted by molar-refractivity contribution is 5.52. The van der Waals surface area contributed by atoms with Crippen molar-refractivity contribution in [2.45, 2.75) is 6.61 Å². The SMILES string of the molecule is O=CCOc1ccccc1OCc1ccc([N+](=O)[O-])cc1. The first-order chi connectivity index (χ1) is 10.2. The second-order valence-corrected chi connectivity index (χ2v) is 4.14. The Kier molecular flexibility index (Phi) is 4.87. The molecule has 0 aliphatic carbocycles. The van der Waals surface area contributed by atoms with Crippen molar-refractivity contribution in [1.82, 2.24) is 0 Å². The molecule has 0 bridgehead atoms. The summed E-state index contributed by atoms with van der Waals surface area (Å²) in [6.45, 7) is 0.206. The van der Waals surface area contributed by atoms with E-state index in [1.54, 1.807) is 36.4 Å². The largest absolute Gasteiger partial charge is 0.485 e. The van der Waals surface area contributed by atoms with E-state index < -0.39 is 4.92 Å². The van der Waals surface area contributed by atoms with Gasteiger partial charge in [-0.05, 0) is 29.8 Å². The van der Waals surface area contributed by atoms with Gasteiger partial charge in [-0.25, -0.2) is 0 Å². The van der Waals surface area contributed by atoms with Crippen molar-refractivity contribution >= 4 is 12.0 Å². The van der Waals surface area contributed by atoms with Crippen molar-refractivity contribution < 1.29 is 19.2 Å². The first-order valence-electron chi connectivity index (χ1n) is 6.22. The molecule has 0 unspecified atom stereocenters. The van der Waals surface area contributed by atoms with E-state index in [9.17, 15) is 14.9 Å². The highest BCUT2D eigenvalue weighted by atomic mass is 16.6. The van der Waals surface area contributed by atoms with Gasteiger partial charge in [0.1, 0.15) is 13.2 Å². The van der Waals surface area contributed by atoms with Gasteiger partial charge in [0.15, 0.2) is 17.8 Å². The van der Waals surface area contributed by atoms with Gasteiger partial charge in [0.05, 0.1) is 4.92 Å². The summed E-state index contributed by atoms with van der Waals surface area (Å²) in [6, 6.07) is 13.1. The normalized spacial score (nSPS) is 9.90. The molecule has 0 amide bonds. The van der Waals surface area contributed by atoms with Gasteiger partial charge in [0.25, 0.3) is 5.69 Å². The minimum Gasteiger partial charge on any atom is -0.485 e. The van der Waals surface area contributed by atoms with Crippen LogP contribution in [0.3, 0.4) is 0 Å².